The second-order valence-electron chi connectivity index (χ2n) is 6.21. The Labute approximate surface area is 143 Å². The van der Waals surface area contributed by atoms with E-state index in [4.69, 9.17) is 14.2 Å². The lowest BCUT2D eigenvalue weighted by Crippen LogP contribution is -2.42. The lowest BCUT2D eigenvalue weighted by atomic mass is 9.73. The molecule has 0 unspecified atom stereocenters. The van der Waals surface area contributed by atoms with Gasteiger partial charge in [0.1, 0.15) is 5.75 Å². The second kappa shape index (κ2) is 5.88. The summed E-state index contributed by atoms with van der Waals surface area (Å²) in [6, 6.07) is 11.2. The molecule has 0 aliphatic carbocycles. The van der Waals surface area contributed by atoms with Crippen LogP contribution >= 0.6 is 0 Å². The Bertz CT molecular complexity index is 887. The monoisotopic (exact) mass is 340 g/mol. The number of ether oxygens (including phenoxy) is 3. The number of carbonyl (C=O) groups is 3. The van der Waals surface area contributed by atoms with Crippen molar-refractivity contribution in [1.29, 1.82) is 0 Å². The fraction of sp³-hybridized carbons (Fsp3) is 0.316. The normalized spacial score (nSPS) is 25.2. The van der Waals surface area contributed by atoms with Crippen LogP contribution in [0.25, 0.3) is 10.8 Å². The summed E-state index contributed by atoms with van der Waals surface area (Å²) in [5.41, 5.74) is 0.692. The van der Waals surface area contributed by atoms with Crippen LogP contribution in [0, 0.1) is 11.8 Å². The van der Waals surface area contributed by atoms with Crippen molar-refractivity contribution >= 4 is 28.7 Å². The van der Waals surface area contributed by atoms with E-state index < -0.39 is 35.7 Å². The first-order valence-electron chi connectivity index (χ1n) is 8.09. The summed E-state index contributed by atoms with van der Waals surface area (Å²) in [7, 11) is 1.22. The summed E-state index contributed by atoms with van der Waals surface area (Å²) in [6.45, 7) is 0.281. The first-order chi connectivity index (χ1) is 12.1. The maximum absolute atomic E-state index is 12.5. The van der Waals surface area contributed by atoms with E-state index in [1.165, 1.54) is 7.11 Å². The van der Waals surface area contributed by atoms with Crippen molar-refractivity contribution in [2.45, 2.75) is 12.3 Å². The van der Waals surface area contributed by atoms with Crippen molar-refractivity contribution in [3.8, 4) is 5.75 Å². The fourth-order valence-corrected chi connectivity index (χ4v) is 3.83. The molecular formula is C19H16O6. The van der Waals surface area contributed by atoms with Gasteiger partial charge >= 0.3 is 17.9 Å². The van der Waals surface area contributed by atoms with Gasteiger partial charge in [0.05, 0.1) is 19.6 Å². The molecule has 25 heavy (non-hydrogen) atoms. The Morgan fingerprint density at radius 1 is 1.12 bits per heavy atom. The number of benzene rings is 2. The molecule has 2 aliphatic rings. The van der Waals surface area contributed by atoms with Gasteiger partial charge in [-0.3, -0.25) is 14.4 Å². The third-order valence-electron chi connectivity index (χ3n) is 4.95. The first-order valence-corrected chi connectivity index (χ1v) is 8.09. The predicted molar refractivity (Wildman–Crippen MR) is 86.9 cm³/mol. The van der Waals surface area contributed by atoms with Gasteiger partial charge in [-0.05, 0) is 23.3 Å². The highest BCUT2D eigenvalue weighted by atomic mass is 16.6. The molecular weight excluding hydrogens is 324 g/mol. The van der Waals surface area contributed by atoms with Crippen molar-refractivity contribution in [1.82, 2.24) is 0 Å². The highest BCUT2D eigenvalue weighted by Gasteiger charge is 2.51. The topological polar surface area (TPSA) is 78.9 Å². The quantitative estimate of drug-likeness (QED) is 0.474. The molecule has 128 valence electrons. The van der Waals surface area contributed by atoms with Gasteiger partial charge in [0.15, 0.2) is 5.92 Å². The molecule has 0 bridgehead atoms. The maximum Gasteiger partial charge on any atom is 0.326 e. The maximum atomic E-state index is 12.5. The van der Waals surface area contributed by atoms with Crippen LogP contribution in [0.5, 0.6) is 5.75 Å². The van der Waals surface area contributed by atoms with E-state index in [1.54, 1.807) is 6.07 Å². The van der Waals surface area contributed by atoms with E-state index in [1.807, 2.05) is 30.3 Å². The smallest absolute Gasteiger partial charge is 0.326 e. The van der Waals surface area contributed by atoms with Crippen molar-refractivity contribution in [2.75, 3.05) is 13.7 Å². The van der Waals surface area contributed by atoms with E-state index in [9.17, 15) is 14.4 Å². The van der Waals surface area contributed by atoms with Crippen LogP contribution in [0.1, 0.15) is 17.9 Å². The van der Waals surface area contributed by atoms with Gasteiger partial charge < -0.3 is 14.2 Å². The third-order valence-corrected chi connectivity index (χ3v) is 4.95. The minimum absolute atomic E-state index is 0.281. The van der Waals surface area contributed by atoms with Crippen LogP contribution in [0.2, 0.25) is 0 Å². The number of methoxy groups -OCH3 is 1. The number of fused-ring (bicyclic) bond motifs is 3. The fourth-order valence-electron chi connectivity index (χ4n) is 3.83. The molecule has 2 aliphatic heterocycles. The van der Waals surface area contributed by atoms with Gasteiger partial charge in [0, 0.05) is 11.5 Å². The number of carbonyl (C=O) groups excluding carboxylic acids is 3. The molecule has 3 atom stereocenters. The second-order valence-corrected chi connectivity index (χ2v) is 6.21. The Balaban J connectivity index is 1.98. The Hall–Kier alpha value is -2.89. The molecule has 0 N–H and O–H groups in total. The molecule has 0 spiro atoms. The lowest BCUT2D eigenvalue weighted by molar-refractivity contribution is -0.159. The van der Waals surface area contributed by atoms with Crippen LogP contribution in [-0.4, -0.2) is 31.6 Å². The van der Waals surface area contributed by atoms with E-state index in [0.717, 1.165) is 10.8 Å². The predicted octanol–water partition coefficient (Wildman–Crippen LogP) is 2.19. The molecule has 0 aromatic heterocycles. The van der Waals surface area contributed by atoms with Gasteiger partial charge in [-0.2, -0.15) is 0 Å². The van der Waals surface area contributed by atoms with E-state index in [0.29, 0.717) is 17.7 Å². The average molecular weight is 340 g/mol. The first kappa shape index (κ1) is 15.6. The summed E-state index contributed by atoms with van der Waals surface area (Å²) in [5.74, 6) is -3.83. The third kappa shape index (κ3) is 2.36. The SMILES string of the molecule is COC(=O)[C@H]1C(=O)Oc2ccc3ccccc3c2[C@H]1[C@H]1CCOC1=O. The number of esters is 3. The van der Waals surface area contributed by atoms with Gasteiger partial charge in [-0.15, -0.1) is 0 Å². The Morgan fingerprint density at radius 2 is 1.92 bits per heavy atom. The van der Waals surface area contributed by atoms with Crippen molar-refractivity contribution < 1.29 is 28.6 Å². The zero-order valence-electron chi connectivity index (χ0n) is 13.6. The number of hydrogen-bond donors (Lipinski definition) is 0. The van der Waals surface area contributed by atoms with Crippen LogP contribution in [-0.2, 0) is 23.9 Å². The number of cyclic esters (lactones) is 1. The highest BCUT2D eigenvalue weighted by molar-refractivity contribution is 6.02. The van der Waals surface area contributed by atoms with Gasteiger partial charge in [-0.1, -0.05) is 30.3 Å². The van der Waals surface area contributed by atoms with Gasteiger partial charge in [0.25, 0.3) is 0 Å². The Kier molecular flexibility index (Phi) is 3.67. The summed E-state index contributed by atoms with van der Waals surface area (Å²) >= 11 is 0. The standard InChI is InChI=1S/C19H16O6/c1-23-18(21)16-15(12-8-9-24-17(12)20)14-11-5-3-2-4-10(11)6-7-13(14)25-19(16)22/h2-7,12,15-16H,8-9H2,1H3/t12-,15-,16+/m1/s1. The van der Waals surface area contributed by atoms with Crippen molar-refractivity contribution in [3.63, 3.8) is 0 Å². The molecule has 2 aromatic carbocycles. The van der Waals surface area contributed by atoms with Crippen molar-refractivity contribution in [3.05, 3.63) is 42.0 Å². The molecule has 0 saturated carbocycles. The van der Waals surface area contributed by atoms with Crippen LogP contribution in [0.4, 0.5) is 0 Å². The summed E-state index contributed by atoms with van der Waals surface area (Å²) in [5, 5.41) is 1.80. The van der Waals surface area contributed by atoms with Crippen molar-refractivity contribution in [2.24, 2.45) is 11.8 Å². The minimum atomic E-state index is -1.18. The number of hydrogen-bond acceptors (Lipinski definition) is 6. The molecule has 0 amide bonds. The highest BCUT2D eigenvalue weighted by Crippen LogP contribution is 2.48. The van der Waals surface area contributed by atoms with Gasteiger partial charge in [-0.25, -0.2) is 0 Å². The number of rotatable bonds is 2. The largest absolute Gasteiger partial charge is 0.468 e. The Morgan fingerprint density at radius 3 is 2.64 bits per heavy atom. The molecule has 1 fully saturated rings. The molecule has 2 aromatic rings. The van der Waals surface area contributed by atoms with E-state index >= 15 is 0 Å². The lowest BCUT2D eigenvalue weighted by Gasteiger charge is -2.33. The molecule has 1 saturated heterocycles. The zero-order valence-corrected chi connectivity index (χ0v) is 13.6. The van der Waals surface area contributed by atoms with Crippen LogP contribution in [0.3, 0.4) is 0 Å². The molecule has 0 radical (unpaired) electrons. The summed E-state index contributed by atoms with van der Waals surface area (Å²) < 4.78 is 15.3. The molecule has 4 rings (SSSR count). The van der Waals surface area contributed by atoms with E-state index in [-0.39, 0.29) is 6.61 Å². The van der Waals surface area contributed by atoms with Crippen LogP contribution in [0.15, 0.2) is 36.4 Å². The average Bonchev–Trinajstić information content (AvgIpc) is 3.05. The molecule has 2 heterocycles. The molecule has 6 nitrogen and oxygen atoms in total. The van der Waals surface area contributed by atoms with E-state index in [2.05, 4.69) is 0 Å². The van der Waals surface area contributed by atoms with Gasteiger partial charge in [0.2, 0.25) is 0 Å². The zero-order chi connectivity index (χ0) is 17.6. The summed E-state index contributed by atoms with van der Waals surface area (Å²) in [6.07, 6.45) is 0.451. The molecule has 6 heteroatoms. The van der Waals surface area contributed by atoms with Crippen LogP contribution < -0.4 is 4.74 Å². The minimum Gasteiger partial charge on any atom is -0.468 e. The summed E-state index contributed by atoms with van der Waals surface area (Å²) in [4.78, 5) is 37.1.